The van der Waals surface area contributed by atoms with E-state index in [4.69, 9.17) is 9.84 Å². The Hall–Kier alpha value is -2.22. The fourth-order valence-electron chi connectivity index (χ4n) is 4.07. The first-order valence-electron chi connectivity index (χ1n) is 10.7. The topological polar surface area (TPSA) is 78.4 Å². The van der Waals surface area contributed by atoms with Crippen molar-refractivity contribution in [2.75, 3.05) is 38.7 Å². The third-order valence-electron chi connectivity index (χ3n) is 5.75. The van der Waals surface area contributed by atoms with Crippen LogP contribution in [0.1, 0.15) is 49.3 Å². The summed E-state index contributed by atoms with van der Waals surface area (Å²) in [6, 6.07) is 9.82. The summed E-state index contributed by atoms with van der Waals surface area (Å²) in [5.74, 6) is 1.33. The average molecular weight is 417 g/mol. The molecule has 1 fully saturated rings. The zero-order valence-electron chi connectivity index (χ0n) is 17.8. The fourth-order valence-corrected chi connectivity index (χ4v) is 4.07. The average Bonchev–Trinajstić information content (AvgIpc) is 3.22. The van der Waals surface area contributed by atoms with Gasteiger partial charge in [0.2, 0.25) is 0 Å². The summed E-state index contributed by atoms with van der Waals surface area (Å²) in [6.45, 7) is 4.43. The maximum absolute atomic E-state index is 13.7. The molecular weight excluding hydrogens is 383 g/mol. The normalized spacial score (nSPS) is 19.6. The van der Waals surface area contributed by atoms with Crippen molar-refractivity contribution >= 4 is 5.82 Å². The molecule has 0 spiro atoms. The number of nitrogens with zero attached hydrogens (tertiary/aromatic N) is 1. The predicted molar refractivity (Wildman–Crippen MR) is 118 cm³/mol. The molecule has 164 valence electrons. The molecule has 1 aromatic carbocycles. The van der Waals surface area contributed by atoms with Crippen LogP contribution in [0.15, 0.2) is 36.5 Å². The summed E-state index contributed by atoms with van der Waals surface area (Å²) in [7, 11) is 1.49. The van der Waals surface area contributed by atoms with Gasteiger partial charge in [0, 0.05) is 37.9 Å². The van der Waals surface area contributed by atoms with E-state index >= 15 is 0 Å². The fraction of sp³-hybridized carbons (Fsp3) is 0.522. The van der Waals surface area contributed by atoms with Crippen molar-refractivity contribution in [3.8, 4) is 5.75 Å². The Kier molecular flexibility index (Phi) is 8.42. The number of ether oxygens (including phenoxy) is 1. The Labute approximate surface area is 178 Å². The molecule has 0 unspecified atom stereocenters. The predicted octanol–water partition coefficient (Wildman–Crippen LogP) is 3.21. The molecule has 7 heteroatoms. The summed E-state index contributed by atoms with van der Waals surface area (Å²) >= 11 is 0. The molecule has 0 aliphatic heterocycles. The van der Waals surface area contributed by atoms with Crippen LogP contribution in [-0.2, 0) is 0 Å². The van der Waals surface area contributed by atoms with Gasteiger partial charge in [-0.3, -0.25) is 0 Å². The number of pyridine rings is 1. The van der Waals surface area contributed by atoms with E-state index in [0.717, 1.165) is 43.7 Å². The lowest BCUT2D eigenvalue weighted by atomic mass is 9.99. The molecule has 0 bridgehead atoms. The number of aliphatic hydroxyl groups excluding tert-OH is 1. The Morgan fingerprint density at radius 1 is 1.20 bits per heavy atom. The van der Waals surface area contributed by atoms with Crippen LogP contribution in [0.2, 0.25) is 0 Å². The number of rotatable bonds is 11. The van der Waals surface area contributed by atoms with E-state index < -0.39 is 0 Å². The van der Waals surface area contributed by atoms with Crippen molar-refractivity contribution in [3.63, 3.8) is 0 Å². The summed E-state index contributed by atoms with van der Waals surface area (Å²) in [5, 5.41) is 18.9. The summed E-state index contributed by atoms with van der Waals surface area (Å²) in [5.41, 5.74) is 2.31. The minimum Gasteiger partial charge on any atom is -0.494 e. The third kappa shape index (κ3) is 6.14. The molecule has 3 atom stereocenters. The van der Waals surface area contributed by atoms with E-state index in [1.54, 1.807) is 6.07 Å². The first-order chi connectivity index (χ1) is 14.6. The lowest BCUT2D eigenvalue weighted by Crippen LogP contribution is -2.29. The van der Waals surface area contributed by atoms with Gasteiger partial charge in [-0.25, -0.2) is 9.37 Å². The van der Waals surface area contributed by atoms with Crippen LogP contribution in [-0.4, -0.2) is 49.5 Å². The number of hydrogen-bond acceptors (Lipinski definition) is 6. The molecule has 0 amide bonds. The summed E-state index contributed by atoms with van der Waals surface area (Å²) < 4.78 is 18.8. The lowest BCUT2D eigenvalue weighted by molar-refractivity contribution is 0.293. The van der Waals surface area contributed by atoms with E-state index in [1.165, 1.54) is 18.7 Å². The summed E-state index contributed by atoms with van der Waals surface area (Å²) in [4.78, 5) is 4.54. The summed E-state index contributed by atoms with van der Waals surface area (Å²) in [6.07, 6.45) is 5.30. The van der Waals surface area contributed by atoms with Crippen molar-refractivity contribution in [2.24, 2.45) is 0 Å². The molecule has 4 N–H and O–H groups in total. The monoisotopic (exact) mass is 416 g/mol. The number of aromatic nitrogens is 1. The smallest absolute Gasteiger partial charge is 0.165 e. The number of anilines is 1. The number of methoxy groups -OCH3 is 1. The molecular formula is C23H33FN4O2. The highest BCUT2D eigenvalue weighted by Crippen LogP contribution is 2.35. The standard InChI is InChI=1S/C23H33FN4O2/c1-16(17-4-7-21(24)22(14-17)30-2)28-20-6-3-18(13-20)19-5-8-23(27-15-19)26-10-9-25-11-12-29/h4-5,7-8,14-16,18,20,25,28-29H,3,6,9-13H2,1-2H3,(H,26,27)/t16-,18-,20+/m1/s1. The van der Waals surface area contributed by atoms with Crippen LogP contribution in [0.4, 0.5) is 10.2 Å². The van der Waals surface area contributed by atoms with Crippen molar-refractivity contribution in [1.82, 2.24) is 15.6 Å². The highest BCUT2D eigenvalue weighted by molar-refractivity contribution is 5.36. The van der Waals surface area contributed by atoms with Gasteiger partial charge in [-0.1, -0.05) is 12.1 Å². The van der Waals surface area contributed by atoms with Crippen LogP contribution in [0.5, 0.6) is 5.75 Å². The molecule has 6 nitrogen and oxygen atoms in total. The minimum atomic E-state index is -0.332. The first kappa shape index (κ1) is 22.5. The number of benzene rings is 1. The van der Waals surface area contributed by atoms with Crippen molar-refractivity contribution < 1.29 is 14.2 Å². The van der Waals surface area contributed by atoms with Gasteiger partial charge in [0.05, 0.1) is 13.7 Å². The Morgan fingerprint density at radius 2 is 2.07 bits per heavy atom. The highest BCUT2D eigenvalue weighted by Gasteiger charge is 2.27. The van der Waals surface area contributed by atoms with Crippen molar-refractivity contribution in [2.45, 2.75) is 44.2 Å². The van der Waals surface area contributed by atoms with Gasteiger partial charge in [-0.15, -0.1) is 0 Å². The number of nitrogens with one attached hydrogen (secondary N) is 3. The number of aliphatic hydroxyl groups is 1. The molecule has 1 heterocycles. The van der Waals surface area contributed by atoms with Crippen molar-refractivity contribution in [3.05, 3.63) is 53.5 Å². The highest BCUT2D eigenvalue weighted by atomic mass is 19.1. The molecule has 1 aromatic heterocycles. The van der Waals surface area contributed by atoms with E-state index in [1.807, 2.05) is 18.3 Å². The van der Waals surface area contributed by atoms with Crippen LogP contribution in [0.25, 0.3) is 0 Å². The number of hydrogen-bond donors (Lipinski definition) is 4. The lowest BCUT2D eigenvalue weighted by Gasteiger charge is -2.21. The Balaban J connectivity index is 1.48. The van der Waals surface area contributed by atoms with Gasteiger partial charge in [0.1, 0.15) is 5.82 Å². The second-order valence-corrected chi connectivity index (χ2v) is 7.87. The van der Waals surface area contributed by atoms with Crippen molar-refractivity contribution in [1.29, 1.82) is 0 Å². The Bertz CT molecular complexity index is 787. The zero-order chi connectivity index (χ0) is 21.3. The molecule has 1 aliphatic carbocycles. The SMILES string of the molecule is COc1cc([C@@H](C)N[C@H]2CC[C@@H](c3ccc(NCCNCCO)nc3)C2)ccc1F. The van der Waals surface area contributed by atoms with Gasteiger partial charge in [0.25, 0.3) is 0 Å². The van der Waals surface area contributed by atoms with E-state index in [9.17, 15) is 4.39 Å². The second kappa shape index (κ2) is 11.2. The van der Waals surface area contributed by atoms with Gasteiger partial charge in [0.15, 0.2) is 11.6 Å². The molecule has 0 radical (unpaired) electrons. The molecule has 1 saturated carbocycles. The van der Waals surface area contributed by atoms with E-state index in [-0.39, 0.29) is 24.2 Å². The quantitative estimate of drug-likeness (QED) is 0.422. The molecule has 2 aromatic rings. The van der Waals surface area contributed by atoms with Gasteiger partial charge >= 0.3 is 0 Å². The van der Waals surface area contributed by atoms with Crippen LogP contribution in [0, 0.1) is 5.82 Å². The Morgan fingerprint density at radius 3 is 2.80 bits per heavy atom. The number of halogens is 1. The molecule has 0 saturated heterocycles. The van der Waals surface area contributed by atoms with E-state index in [2.05, 4.69) is 33.9 Å². The second-order valence-electron chi connectivity index (χ2n) is 7.87. The third-order valence-corrected chi connectivity index (χ3v) is 5.75. The van der Waals surface area contributed by atoms with Crippen LogP contribution < -0.4 is 20.7 Å². The maximum Gasteiger partial charge on any atom is 0.165 e. The molecule has 30 heavy (non-hydrogen) atoms. The first-order valence-corrected chi connectivity index (χ1v) is 10.7. The zero-order valence-corrected chi connectivity index (χ0v) is 17.8. The van der Waals surface area contributed by atoms with Crippen LogP contribution in [0.3, 0.4) is 0 Å². The van der Waals surface area contributed by atoms with Gasteiger partial charge < -0.3 is 25.8 Å². The largest absolute Gasteiger partial charge is 0.494 e. The van der Waals surface area contributed by atoms with Crippen LogP contribution >= 0.6 is 0 Å². The molecule has 3 rings (SSSR count). The maximum atomic E-state index is 13.7. The molecule has 1 aliphatic rings. The van der Waals surface area contributed by atoms with E-state index in [0.29, 0.717) is 18.5 Å². The van der Waals surface area contributed by atoms with Gasteiger partial charge in [-0.2, -0.15) is 0 Å². The minimum absolute atomic E-state index is 0.132. The van der Waals surface area contributed by atoms with Gasteiger partial charge in [-0.05, 0) is 61.4 Å².